The molecule has 0 radical (unpaired) electrons. The quantitative estimate of drug-likeness (QED) is 0.689. The smallest absolute Gasteiger partial charge is 0.0697 e. The highest BCUT2D eigenvalue weighted by molar-refractivity contribution is 6.08. The molecule has 3 aromatic rings. The fraction of sp³-hybridized carbons (Fsp3) is 0.250. The summed E-state index contributed by atoms with van der Waals surface area (Å²) in [7, 11) is 0. The lowest BCUT2D eigenvalue weighted by atomic mass is 10.1. The molecule has 98 valence electrons. The van der Waals surface area contributed by atoms with Crippen LogP contribution in [0.5, 0.6) is 0 Å². The average Bonchev–Trinajstić information content (AvgIpc) is 2.83. The number of benzene rings is 2. The molecule has 1 aromatic heterocycles. The van der Waals surface area contributed by atoms with Gasteiger partial charge in [0.2, 0.25) is 0 Å². The van der Waals surface area contributed by atoms with Gasteiger partial charge in [0.25, 0.3) is 0 Å². The summed E-state index contributed by atoms with van der Waals surface area (Å²) in [6.07, 6.45) is 0.851. The van der Waals surface area contributed by atoms with Crippen LogP contribution in [0.4, 0.5) is 0 Å². The number of H-pyrrole nitrogens is 1. The maximum atomic E-state index is 8.70. The van der Waals surface area contributed by atoms with Crippen molar-refractivity contribution in [2.24, 2.45) is 0 Å². The average molecular weight is 255 g/mol. The van der Waals surface area contributed by atoms with Crippen LogP contribution in [0.15, 0.2) is 42.5 Å². The molecule has 0 spiro atoms. The Morgan fingerprint density at radius 2 is 1.79 bits per heavy atom. The lowest BCUT2D eigenvalue weighted by Gasteiger charge is -2.04. The SMILES string of the molecule is OCCOCCc1cccc2c1[nH]c1ccccc12. The van der Waals surface area contributed by atoms with Crippen molar-refractivity contribution in [1.29, 1.82) is 0 Å². The summed E-state index contributed by atoms with van der Waals surface area (Å²) < 4.78 is 5.35. The minimum atomic E-state index is 0.0799. The van der Waals surface area contributed by atoms with Crippen LogP contribution in [0.2, 0.25) is 0 Å². The zero-order valence-electron chi connectivity index (χ0n) is 10.7. The Labute approximate surface area is 111 Å². The van der Waals surface area contributed by atoms with Crippen LogP contribution in [0, 0.1) is 0 Å². The van der Waals surface area contributed by atoms with E-state index in [1.165, 1.54) is 27.4 Å². The number of aliphatic hydroxyl groups is 1. The van der Waals surface area contributed by atoms with Gasteiger partial charge in [-0.3, -0.25) is 0 Å². The van der Waals surface area contributed by atoms with E-state index >= 15 is 0 Å². The molecule has 1 heterocycles. The third-order valence-electron chi connectivity index (χ3n) is 3.38. The molecule has 2 aromatic carbocycles. The van der Waals surface area contributed by atoms with Gasteiger partial charge in [-0.2, -0.15) is 0 Å². The standard InChI is InChI=1S/C16H17NO2/c18-9-11-19-10-8-12-4-3-6-14-13-5-1-2-7-15(13)17-16(12)14/h1-7,17-18H,8-11H2. The fourth-order valence-electron chi connectivity index (χ4n) is 2.49. The predicted molar refractivity (Wildman–Crippen MR) is 77.4 cm³/mol. The van der Waals surface area contributed by atoms with Crippen LogP contribution < -0.4 is 0 Å². The largest absolute Gasteiger partial charge is 0.394 e. The van der Waals surface area contributed by atoms with Crippen molar-refractivity contribution >= 4 is 21.8 Å². The van der Waals surface area contributed by atoms with E-state index in [0.29, 0.717) is 13.2 Å². The summed E-state index contributed by atoms with van der Waals surface area (Å²) >= 11 is 0. The Hall–Kier alpha value is -1.84. The van der Waals surface area contributed by atoms with Crippen LogP contribution in [0.3, 0.4) is 0 Å². The maximum absolute atomic E-state index is 8.70. The summed E-state index contributed by atoms with van der Waals surface area (Å²) in [6, 6.07) is 14.7. The summed E-state index contributed by atoms with van der Waals surface area (Å²) in [6.45, 7) is 1.12. The van der Waals surface area contributed by atoms with Gasteiger partial charge in [-0.25, -0.2) is 0 Å². The van der Waals surface area contributed by atoms with Gasteiger partial charge in [0.05, 0.1) is 19.8 Å². The fourth-order valence-corrected chi connectivity index (χ4v) is 2.49. The topological polar surface area (TPSA) is 45.2 Å². The zero-order chi connectivity index (χ0) is 13.1. The van der Waals surface area contributed by atoms with Crippen LogP contribution >= 0.6 is 0 Å². The molecule has 0 saturated carbocycles. The summed E-state index contributed by atoms with van der Waals surface area (Å²) in [5, 5.41) is 11.2. The molecular weight excluding hydrogens is 238 g/mol. The summed E-state index contributed by atoms with van der Waals surface area (Å²) in [5.41, 5.74) is 3.61. The number of ether oxygens (including phenoxy) is 1. The van der Waals surface area contributed by atoms with Crippen LogP contribution in [0.1, 0.15) is 5.56 Å². The van der Waals surface area contributed by atoms with Gasteiger partial charge in [0.1, 0.15) is 0 Å². The van der Waals surface area contributed by atoms with E-state index in [1.54, 1.807) is 0 Å². The molecule has 0 saturated heterocycles. The van der Waals surface area contributed by atoms with Gasteiger partial charge in [-0.15, -0.1) is 0 Å². The molecule has 0 amide bonds. The highest BCUT2D eigenvalue weighted by Gasteiger charge is 2.07. The molecule has 0 unspecified atom stereocenters. The van der Waals surface area contributed by atoms with Gasteiger partial charge in [0.15, 0.2) is 0 Å². The number of fused-ring (bicyclic) bond motifs is 3. The minimum Gasteiger partial charge on any atom is -0.394 e. The first-order valence-corrected chi connectivity index (χ1v) is 6.57. The number of hydrogen-bond acceptors (Lipinski definition) is 2. The van der Waals surface area contributed by atoms with E-state index in [0.717, 1.165) is 6.42 Å². The third kappa shape index (κ3) is 2.35. The Morgan fingerprint density at radius 3 is 2.68 bits per heavy atom. The van der Waals surface area contributed by atoms with Crippen molar-refractivity contribution in [3.8, 4) is 0 Å². The number of aliphatic hydroxyl groups excluding tert-OH is 1. The Kier molecular flexibility index (Phi) is 3.49. The molecule has 3 nitrogen and oxygen atoms in total. The second kappa shape index (κ2) is 5.43. The molecule has 19 heavy (non-hydrogen) atoms. The molecule has 3 heteroatoms. The van der Waals surface area contributed by atoms with Crippen molar-refractivity contribution in [1.82, 2.24) is 4.98 Å². The molecule has 0 aliphatic rings. The Bertz CT molecular complexity index is 687. The van der Waals surface area contributed by atoms with Gasteiger partial charge in [-0.05, 0) is 18.1 Å². The lowest BCUT2D eigenvalue weighted by Crippen LogP contribution is -2.03. The highest BCUT2D eigenvalue weighted by Crippen LogP contribution is 2.27. The van der Waals surface area contributed by atoms with E-state index in [1.807, 2.05) is 6.07 Å². The predicted octanol–water partition coefficient (Wildman–Crippen LogP) is 2.87. The van der Waals surface area contributed by atoms with Crippen molar-refractivity contribution in [3.05, 3.63) is 48.0 Å². The van der Waals surface area contributed by atoms with Crippen molar-refractivity contribution in [2.75, 3.05) is 19.8 Å². The van der Waals surface area contributed by atoms with Gasteiger partial charge in [-0.1, -0.05) is 36.4 Å². The molecular formula is C16H17NO2. The van der Waals surface area contributed by atoms with Crippen LogP contribution in [-0.4, -0.2) is 29.9 Å². The number of nitrogens with one attached hydrogen (secondary N) is 1. The molecule has 0 bridgehead atoms. The van der Waals surface area contributed by atoms with Crippen LogP contribution in [-0.2, 0) is 11.2 Å². The Balaban J connectivity index is 1.96. The van der Waals surface area contributed by atoms with E-state index < -0.39 is 0 Å². The minimum absolute atomic E-state index is 0.0799. The molecule has 2 N–H and O–H groups in total. The first-order chi connectivity index (χ1) is 9.40. The molecule has 3 rings (SSSR count). The van der Waals surface area contributed by atoms with Gasteiger partial charge < -0.3 is 14.8 Å². The summed E-state index contributed by atoms with van der Waals surface area (Å²) in [5.74, 6) is 0. The first kappa shape index (κ1) is 12.2. The first-order valence-electron chi connectivity index (χ1n) is 6.57. The van der Waals surface area contributed by atoms with Crippen LogP contribution in [0.25, 0.3) is 21.8 Å². The second-order valence-corrected chi connectivity index (χ2v) is 4.60. The van der Waals surface area contributed by atoms with E-state index in [4.69, 9.17) is 9.84 Å². The number of aromatic amines is 1. The second-order valence-electron chi connectivity index (χ2n) is 4.60. The number of aromatic nitrogens is 1. The molecule has 0 fully saturated rings. The van der Waals surface area contributed by atoms with Crippen molar-refractivity contribution < 1.29 is 9.84 Å². The van der Waals surface area contributed by atoms with Gasteiger partial charge >= 0.3 is 0 Å². The molecule has 0 aliphatic heterocycles. The molecule has 0 atom stereocenters. The third-order valence-corrected chi connectivity index (χ3v) is 3.38. The Morgan fingerprint density at radius 1 is 0.947 bits per heavy atom. The number of hydrogen-bond donors (Lipinski definition) is 2. The van der Waals surface area contributed by atoms with Crippen molar-refractivity contribution in [2.45, 2.75) is 6.42 Å². The van der Waals surface area contributed by atoms with E-state index in [2.05, 4.69) is 41.4 Å². The van der Waals surface area contributed by atoms with Gasteiger partial charge in [0, 0.05) is 21.8 Å². The monoisotopic (exact) mass is 255 g/mol. The van der Waals surface area contributed by atoms with E-state index in [9.17, 15) is 0 Å². The zero-order valence-corrected chi connectivity index (χ0v) is 10.7. The van der Waals surface area contributed by atoms with E-state index in [-0.39, 0.29) is 6.61 Å². The highest BCUT2D eigenvalue weighted by atomic mass is 16.5. The normalized spacial score (nSPS) is 11.4. The number of para-hydroxylation sites is 2. The summed E-state index contributed by atoms with van der Waals surface area (Å²) in [4.78, 5) is 3.48. The number of rotatable bonds is 5. The van der Waals surface area contributed by atoms with Crippen molar-refractivity contribution in [3.63, 3.8) is 0 Å². The molecule has 0 aliphatic carbocycles. The maximum Gasteiger partial charge on any atom is 0.0697 e. The lowest BCUT2D eigenvalue weighted by molar-refractivity contribution is 0.0945.